The lowest BCUT2D eigenvalue weighted by Gasteiger charge is -2.30. The van der Waals surface area contributed by atoms with E-state index in [9.17, 15) is 4.79 Å². The summed E-state index contributed by atoms with van der Waals surface area (Å²) < 4.78 is 1.77. The van der Waals surface area contributed by atoms with Crippen LogP contribution in [0.3, 0.4) is 0 Å². The third-order valence-electron chi connectivity index (χ3n) is 4.76. The first-order valence-electron chi connectivity index (χ1n) is 8.11. The molecule has 2 aromatic rings. The van der Waals surface area contributed by atoms with Gasteiger partial charge in [0.05, 0.1) is 5.69 Å². The highest BCUT2D eigenvalue weighted by Gasteiger charge is 2.34. The van der Waals surface area contributed by atoms with E-state index in [-0.39, 0.29) is 11.9 Å². The number of carbonyl (C=O) groups is 1. The largest absolute Gasteiger partial charge is 0.336 e. The SMILES string of the molecule is CC[C@@H](C(=O)N1CCc2[nH]nc(C3CC3)c2C1)n1cccn1. The molecule has 6 nitrogen and oxygen atoms in total. The summed E-state index contributed by atoms with van der Waals surface area (Å²) in [6.45, 7) is 3.48. The Bertz CT molecular complexity index is 671. The van der Waals surface area contributed by atoms with E-state index in [1.807, 2.05) is 24.1 Å². The molecule has 1 fully saturated rings. The lowest BCUT2D eigenvalue weighted by atomic mass is 10.0. The van der Waals surface area contributed by atoms with Crippen molar-refractivity contribution in [3.05, 3.63) is 35.4 Å². The molecule has 2 aliphatic rings. The van der Waals surface area contributed by atoms with Gasteiger partial charge < -0.3 is 4.90 Å². The number of carbonyl (C=O) groups excluding carboxylic acids is 1. The van der Waals surface area contributed by atoms with E-state index in [0.29, 0.717) is 12.5 Å². The predicted octanol–water partition coefficient (Wildman–Crippen LogP) is 2.02. The molecular formula is C16H21N5O. The molecule has 1 aliphatic heterocycles. The number of aromatic nitrogens is 4. The van der Waals surface area contributed by atoms with Crippen molar-refractivity contribution < 1.29 is 4.79 Å². The molecule has 2 aromatic heterocycles. The van der Waals surface area contributed by atoms with Gasteiger partial charge in [-0.25, -0.2) is 0 Å². The minimum atomic E-state index is -0.201. The maximum atomic E-state index is 12.9. The fourth-order valence-electron chi connectivity index (χ4n) is 3.35. The Balaban J connectivity index is 1.56. The number of nitrogens with one attached hydrogen (secondary N) is 1. The van der Waals surface area contributed by atoms with Crippen LogP contribution in [0.15, 0.2) is 18.5 Å². The maximum Gasteiger partial charge on any atom is 0.247 e. The summed E-state index contributed by atoms with van der Waals surface area (Å²) in [5, 5.41) is 11.9. The molecule has 6 heteroatoms. The van der Waals surface area contributed by atoms with Gasteiger partial charge in [0.1, 0.15) is 6.04 Å². The summed E-state index contributed by atoms with van der Waals surface area (Å²) >= 11 is 0. The normalized spacial score (nSPS) is 19.0. The molecule has 4 rings (SSSR count). The number of H-pyrrole nitrogens is 1. The van der Waals surface area contributed by atoms with E-state index in [1.165, 1.54) is 29.8 Å². The van der Waals surface area contributed by atoms with Gasteiger partial charge in [-0.3, -0.25) is 14.6 Å². The molecule has 116 valence electrons. The van der Waals surface area contributed by atoms with Crippen molar-refractivity contribution in [3.63, 3.8) is 0 Å². The molecule has 3 heterocycles. The van der Waals surface area contributed by atoms with Gasteiger partial charge in [0.15, 0.2) is 0 Å². The van der Waals surface area contributed by atoms with Crippen LogP contribution < -0.4 is 0 Å². The minimum absolute atomic E-state index is 0.166. The van der Waals surface area contributed by atoms with Gasteiger partial charge in [-0.1, -0.05) is 6.92 Å². The van der Waals surface area contributed by atoms with Crippen LogP contribution in [0.2, 0.25) is 0 Å². The van der Waals surface area contributed by atoms with Gasteiger partial charge in [-0.2, -0.15) is 10.2 Å². The molecule has 1 saturated carbocycles. The summed E-state index contributed by atoms with van der Waals surface area (Å²) in [5.41, 5.74) is 3.68. The van der Waals surface area contributed by atoms with Gasteiger partial charge in [-0.05, 0) is 25.3 Å². The minimum Gasteiger partial charge on any atom is -0.336 e. The first kappa shape index (κ1) is 13.5. The van der Waals surface area contributed by atoms with Gasteiger partial charge in [0, 0.05) is 49.1 Å². The van der Waals surface area contributed by atoms with Crippen molar-refractivity contribution in [2.45, 2.75) is 51.1 Å². The zero-order valence-electron chi connectivity index (χ0n) is 12.8. The summed E-state index contributed by atoms with van der Waals surface area (Å²) in [4.78, 5) is 14.9. The Morgan fingerprint density at radius 2 is 2.36 bits per heavy atom. The smallest absolute Gasteiger partial charge is 0.247 e. The maximum absolute atomic E-state index is 12.9. The molecule has 1 N–H and O–H groups in total. The summed E-state index contributed by atoms with van der Waals surface area (Å²) in [6.07, 6.45) is 7.69. The Labute approximate surface area is 129 Å². The second-order valence-corrected chi connectivity index (χ2v) is 6.26. The van der Waals surface area contributed by atoms with E-state index in [0.717, 1.165) is 19.4 Å². The molecule has 0 unspecified atom stereocenters. The predicted molar refractivity (Wildman–Crippen MR) is 81.2 cm³/mol. The highest BCUT2D eigenvalue weighted by Crippen LogP contribution is 2.42. The van der Waals surface area contributed by atoms with Crippen LogP contribution in [0.5, 0.6) is 0 Å². The Hall–Kier alpha value is -2.11. The molecule has 0 spiro atoms. The van der Waals surface area contributed by atoms with Gasteiger partial charge in [-0.15, -0.1) is 0 Å². The molecule has 0 saturated heterocycles. The molecule has 22 heavy (non-hydrogen) atoms. The second-order valence-electron chi connectivity index (χ2n) is 6.26. The lowest BCUT2D eigenvalue weighted by molar-refractivity contribution is -0.136. The monoisotopic (exact) mass is 299 g/mol. The summed E-state index contributed by atoms with van der Waals surface area (Å²) in [6, 6.07) is 1.67. The highest BCUT2D eigenvalue weighted by molar-refractivity contribution is 5.80. The van der Waals surface area contributed by atoms with Crippen LogP contribution in [0.1, 0.15) is 55.1 Å². The number of hydrogen-bond acceptors (Lipinski definition) is 3. The third-order valence-corrected chi connectivity index (χ3v) is 4.76. The van der Waals surface area contributed by atoms with Crippen molar-refractivity contribution in [1.29, 1.82) is 0 Å². The van der Waals surface area contributed by atoms with Crippen molar-refractivity contribution in [2.75, 3.05) is 6.54 Å². The first-order chi connectivity index (χ1) is 10.8. The second kappa shape index (κ2) is 5.26. The van der Waals surface area contributed by atoms with Gasteiger partial charge in [0.25, 0.3) is 0 Å². The molecule has 0 aromatic carbocycles. The standard InChI is InChI=1S/C16H21N5O/c1-2-14(21-8-3-7-17-21)16(22)20-9-6-13-12(10-20)15(19-18-13)11-4-5-11/h3,7-8,11,14H,2,4-6,9-10H2,1H3,(H,18,19)/t14-/m0/s1. The van der Waals surface area contributed by atoms with Crippen LogP contribution in [-0.2, 0) is 17.8 Å². The van der Waals surface area contributed by atoms with Crippen LogP contribution in [0, 0.1) is 0 Å². The average Bonchev–Trinajstić information content (AvgIpc) is 3.08. The molecule has 0 bridgehead atoms. The molecular weight excluding hydrogens is 278 g/mol. The van der Waals surface area contributed by atoms with E-state index < -0.39 is 0 Å². The van der Waals surface area contributed by atoms with Crippen molar-refractivity contribution >= 4 is 5.91 Å². The molecule has 1 atom stereocenters. The summed E-state index contributed by atoms with van der Waals surface area (Å²) in [7, 11) is 0. The van der Waals surface area contributed by atoms with Crippen LogP contribution in [0.25, 0.3) is 0 Å². The Kier molecular flexibility index (Phi) is 3.24. The highest BCUT2D eigenvalue weighted by atomic mass is 16.2. The number of fused-ring (bicyclic) bond motifs is 1. The van der Waals surface area contributed by atoms with Crippen molar-refractivity contribution in [2.24, 2.45) is 0 Å². The fraction of sp³-hybridized carbons (Fsp3) is 0.562. The number of nitrogens with zero attached hydrogens (tertiary/aromatic N) is 4. The number of hydrogen-bond donors (Lipinski definition) is 1. The Morgan fingerprint density at radius 3 is 3.05 bits per heavy atom. The molecule has 1 aliphatic carbocycles. The third kappa shape index (κ3) is 2.23. The first-order valence-corrected chi connectivity index (χ1v) is 8.11. The van der Waals surface area contributed by atoms with E-state index in [1.54, 1.807) is 10.9 Å². The van der Waals surface area contributed by atoms with Gasteiger partial charge in [0.2, 0.25) is 5.91 Å². The zero-order valence-corrected chi connectivity index (χ0v) is 12.8. The molecule has 1 amide bonds. The Morgan fingerprint density at radius 1 is 1.50 bits per heavy atom. The van der Waals surface area contributed by atoms with E-state index in [2.05, 4.69) is 15.3 Å². The van der Waals surface area contributed by atoms with Crippen molar-refractivity contribution in [3.8, 4) is 0 Å². The van der Waals surface area contributed by atoms with Crippen molar-refractivity contribution in [1.82, 2.24) is 24.9 Å². The fourth-order valence-corrected chi connectivity index (χ4v) is 3.35. The zero-order chi connectivity index (χ0) is 15.1. The van der Waals surface area contributed by atoms with E-state index in [4.69, 9.17) is 0 Å². The number of amides is 1. The van der Waals surface area contributed by atoms with Crippen LogP contribution in [-0.4, -0.2) is 37.3 Å². The number of rotatable bonds is 4. The van der Waals surface area contributed by atoms with E-state index >= 15 is 0 Å². The van der Waals surface area contributed by atoms with Gasteiger partial charge >= 0.3 is 0 Å². The lowest BCUT2D eigenvalue weighted by Crippen LogP contribution is -2.40. The quantitative estimate of drug-likeness (QED) is 0.939. The van der Waals surface area contributed by atoms with Crippen LogP contribution >= 0.6 is 0 Å². The van der Waals surface area contributed by atoms with Crippen LogP contribution in [0.4, 0.5) is 0 Å². The average molecular weight is 299 g/mol. The number of aromatic amines is 1. The topological polar surface area (TPSA) is 66.8 Å². The molecule has 0 radical (unpaired) electrons. The summed E-state index contributed by atoms with van der Waals surface area (Å²) in [5.74, 6) is 0.780.